The molecule has 100 valence electrons. The number of aromatic nitrogens is 1. The van der Waals surface area contributed by atoms with Crippen molar-refractivity contribution < 1.29 is 4.79 Å². The molecular weight excluding hydrogens is 256 g/mol. The van der Waals surface area contributed by atoms with Crippen LogP contribution in [0.15, 0.2) is 30.5 Å². The molecule has 3 nitrogen and oxygen atoms in total. The van der Waals surface area contributed by atoms with Crippen LogP contribution in [-0.4, -0.2) is 39.4 Å². The lowest BCUT2D eigenvalue weighted by Gasteiger charge is -2.37. The van der Waals surface area contributed by atoms with E-state index in [1.54, 1.807) is 0 Å². The first-order valence-corrected chi connectivity index (χ1v) is 7.71. The maximum Gasteiger partial charge on any atom is 0.254 e. The Labute approximate surface area is 117 Å². The van der Waals surface area contributed by atoms with Gasteiger partial charge in [-0.05, 0) is 31.2 Å². The fourth-order valence-corrected chi connectivity index (χ4v) is 3.67. The van der Waals surface area contributed by atoms with E-state index in [-0.39, 0.29) is 5.91 Å². The minimum atomic E-state index is 0.155. The second kappa shape index (κ2) is 4.93. The van der Waals surface area contributed by atoms with E-state index in [1.165, 1.54) is 0 Å². The van der Waals surface area contributed by atoms with Gasteiger partial charge in [-0.2, -0.15) is 11.8 Å². The zero-order chi connectivity index (χ0) is 13.4. The van der Waals surface area contributed by atoms with E-state index in [2.05, 4.69) is 18.8 Å². The van der Waals surface area contributed by atoms with Crippen molar-refractivity contribution in [2.75, 3.05) is 12.3 Å². The van der Waals surface area contributed by atoms with Crippen LogP contribution in [0.2, 0.25) is 0 Å². The van der Waals surface area contributed by atoms with E-state index >= 15 is 0 Å². The third-order valence-electron chi connectivity index (χ3n) is 3.95. The molecule has 4 heteroatoms. The summed E-state index contributed by atoms with van der Waals surface area (Å²) in [6, 6.07) is 8.18. The number of carbonyl (C=O) groups is 1. The molecule has 19 heavy (non-hydrogen) atoms. The molecule has 0 saturated carbocycles. The van der Waals surface area contributed by atoms with E-state index in [1.807, 2.05) is 47.1 Å². The van der Waals surface area contributed by atoms with Gasteiger partial charge in [-0.25, -0.2) is 0 Å². The topological polar surface area (TPSA) is 36.1 Å². The van der Waals surface area contributed by atoms with Crippen LogP contribution in [-0.2, 0) is 0 Å². The van der Waals surface area contributed by atoms with Crippen molar-refractivity contribution in [3.63, 3.8) is 0 Å². The number of thioether (sulfide) groups is 1. The van der Waals surface area contributed by atoms with Crippen LogP contribution in [0.3, 0.4) is 0 Å². The third kappa shape index (κ3) is 2.25. The predicted molar refractivity (Wildman–Crippen MR) is 80.7 cm³/mol. The van der Waals surface area contributed by atoms with Gasteiger partial charge in [0.2, 0.25) is 0 Å². The number of H-pyrrole nitrogens is 1. The second-order valence-electron chi connectivity index (χ2n) is 5.09. The Kier molecular flexibility index (Phi) is 3.27. The van der Waals surface area contributed by atoms with Gasteiger partial charge < -0.3 is 9.88 Å². The molecule has 1 aliphatic rings. The van der Waals surface area contributed by atoms with Gasteiger partial charge in [-0.3, -0.25) is 4.79 Å². The summed E-state index contributed by atoms with van der Waals surface area (Å²) in [5, 5.41) is 1.60. The molecule has 0 bridgehead atoms. The van der Waals surface area contributed by atoms with Gasteiger partial charge in [-0.15, -0.1) is 0 Å². The van der Waals surface area contributed by atoms with Crippen LogP contribution in [0.1, 0.15) is 24.2 Å². The summed E-state index contributed by atoms with van der Waals surface area (Å²) in [7, 11) is 0. The minimum Gasteiger partial charge on any atom is -0.361 e. The molecule has 2 unspecified atom stereocenters. The summed E-state index contributed by atoms with van der Waals surface area (Å²) in [5.41, 5.74) is 1.87. The van der Waals surface area contributed by atoms with Crippen LogP contribution in [0.25, 0.3) is 10.9 Å². The average Bonchev–Trinajstić information content (AvgIpc) is 2.88. The van der Waals surface area contributed by atoms with E-state index in [0.717, 1.165) is 28.8 Å². The average molecular weight is 274 g/mol. The van der Waals surface area contributed by atoms with Crippen molar-refractivity contribution in [1.82, 2.24) is 9.88 Å². The first-order valence-electron chi connectivity index (χ1n) is 6.66. The lowest BCUT2D eigenvalue weighted by atomic mass is 10.1. The molecule has 2 heterocycles. The number of nitrogens with one attached hydrogen (secondary N) is 1. The zero-order valence-electron chi connectivity index (χ0n) is 11.2. The van der Waals surface area contributed by atoms with Crippen molar-refractivity contribution in [2.45, 2.75) is 25.1 Å². The quantitative estimate of drug-likeness (QED) is 0.867. The number of hydrogen-bond donors (Lipinski definition) is 1. The SMILES string of the molecule is CC1SCCN(C(=O)c2ccc3[nH]ccc3c2)C1C. The van der Waals surface area contributed by atoms with Crippen molar-refractivity contribution >= 4 is 28.6 Å². The zero-order valence-corrected chi connectivity index (χ0v) is 12.0. The van der Waals surface area contributed by atoms with Gasteiger partial charge in [0, 0.05) is 46.3 Å². The molecule has 0 radical (unpaired) electrons. The lowest BCUT2D eigenvalue weighted by molar-refractivity contribution is 0.0698. The molecule has 1 N–H and O–H groups in total. The third-order valence-corrected chi connectivity index (χ3v) is 5.28. The van der Waals surface area contributed by atoms with Crippen molar-refractivity contribution in [1.29, 1.82) is 0 Å². The fourth-order valence-electron chi connectivity index (χ4n) is 2.57. The van der Waals surface area contributed by atoms with Crippen LogP contribution in [0.4, 0.5) is 0 Å². The summed E-state index contributed by atoms with van der Waals surface area (Å²) in [6.07, 6.45) is 1.90. The van der Waals surface area contributed by atoms with Crippen LogP contribution < -0.4 is 0 Å². The number of aromatic amines is 1. The number of carbonyl (C=O) groups excluding carboxylic acids is 1. The molecule has 3 rings (SSSR count). The standard InChI is InChI=1S/C15H18N2OS/c1-10-11(2)19-8-7-17(10)15(18)13-3-4-14-12(9-13)5-6-16-14/h3-6,9-11,16H,7-8H2,1-2H3. The smallest absolute Gasteiger partial charge is 0.254 e. The molecule has 1 amide bonds. The van der Waals surface area contributed by atoms with E-state index in [4.69, 9.17) is 0 Å². The molecule has 2 atom stereocenters. The number of fused-ring (bicyclic) bond motifs is 1. The number of nitrogens with zero attached hydrogens (tertiary/aromatic N) is 1. The highest BCUT2D eigenvalue weighted by Crippen LogP contribution is 2.26. The number of benzene rings is 1. The van der Waals surface area contributed by atoms with Gasteiger partial charge >= 0.3 is 0 Å². The Bertz CT molecular complexity index is 607. The molecular formula is C15H18N2OS. The van der Waals surface area contributed by atoms with Crippen molar-refractivity contribution in [3.8, 4) is 0 Å². The Hall–Kier alpha value is -1.42. The first-order chi connectivity index (χ1) is 9.16. The van der Waals surface area contributed by atoms with Gasteiger partial charge in [0.1, 0.15) is 0 Å². The summed E-state index contributed by atoms with van der Waals surface area (Å²) < 4.78 is 0. The highest BCUT2D eigenvalue weighted by Gasteiger charge is 2.29. The second-order valence-corrected chi connectivity index (χ2v) is 6.58. The first kappa shape index (κ1) is 12.6. The Morgan fingerprint density at radius 1 is 1.37 bits per heavy atom. The highest BCUT2D eigenvalue weighted by molar-refractivity contribution is 8.00. The highest BCUT2D eigenvalue weighted by atomic mass is 32.2. The number of hydrogen-bond acceptors (Lipinski definition) is 2. The Morgan fingerprint density at radius 3 is 3.05 bits per heavy atom. The molecule has 1 aliphatic heterocycles. The monoisotopic (exact) mass is 274 g/mol. The van der Waals surface area contributed by atoms with Crippen LogP contribution >= 0.6 is 11.8 Å². The van der Waals surface area contributed by atoms with Crippen LogP contribution in [0.5, 0.6) is 0 Å². The van der Waals surface area contributed by atoms with Gasteiger partial charge in [0.05, 0.1) is 0 Å². The van der Waals surface area contributed by atoms with Gasteiger partial charge in [0.15, 0.2) is 0 Å². The maximum atomic E-state index is 12.6. The Morgan fingerprint density at radius 2 is 2.21 bits per heavy atom. The molecule has 2 aromatic rings. The molecule has 1 saturated heterocycles. The van der Waals surface area contributed by atoms with Crippen molar-refractivity contribution in [3.05, 3.63) is 36.0 Å². The lowest BCUT2D eigenvalue weighted by Crippen LogP contribution is -2.47. The number of amides is 1. The van der Waals surface area contributed by atoms with E-state index in [9.17, 15) is 4.79 Å². The molecule has 1 fully saturated rings. The summed E-state index contributed by atoms with van der Waals surface area (Å²) >= 11 is 1.95. The van der Waals surface area contributed by atoms with Gasteiger partial charge in [-0.1, -0.05) is 6.92 Å². The van der Waals surface area contributed by atoms with Crippen molar-refractivity contribution in [2.24, 2.45) is 0 Å². The molecule has 1 aromatic heterocycles. The number of rotatable bonds is 1. The Balaban J connectivity index is 1.90. The minimum absolute atomic E-state index is 0.155. The molecule has 0 spiro atoms. The molecule has 0 aliphatic carbocycles. The fraction of sp³-hybridized carbons (Fsp3) is 0.400. The summed E-state index contributed by atoms with van der Waals surface area (Å²) in [6.45, 7) is 5.19. The summed E-state index contributed by atoms with van der Waals surface area (Å²) in [5.74, 6) is 1.19. The maximum absolute atomic E-state index is 12.6. The van der Waals surface area contributed by atoms with E-state index < -0.39 is 0 Å². The predicted octanol–water partition coefficient (Wildman–Crippen LogP) is 3.13. The van der Waals surface area contributed by atoms with Crippen LogP contribution in [0, 0.1) is 0 Å². The normalized spacial score (nSPS) is 23.8. The summed E-state index contributed by atoms with van der Waals surface area (Å²) in [4.78, 5) is 17.8. The molecule has 1 aromatic carbocycles. The van der Waals surface area contributed by atoms with E-state index in [0.29, 0.717) is 11.3 Å². The van der Waals surface area contributed by atoms with Gasteiger partial charge in [0.25, 0.3) is 5.91 Å². The largest absolute Gasteiger partial charge is 0.361 e.